The lowest BCUT2D eigenvalue weighted by Crippen LogP contribution is -2.47. The molecule has 1 saturated heterocycles. The van der Waals surface area contributed by atoms with E-state index >= 15 is 0 Å². The maximum Gasteiger partial charge on any atom is 0.0599 e. The van der Waals surface area contributed by atoms with Crippen molar-refractivity contribution in [3.63, 3.8) is 0 Å². The van der Waals surface area contributed by atoms with Gasteiger partial charge in [-0.1, -0.05) is 5.92 Å². The van der Waals surface area contributed by atoms with E-state index in [1.165, 1.54) is 0 Å². The number of β-amino-alcohol motifs (C(OH)–C–C–N with tert-alkyl or cyclic N) is 1. The van der Waals surface area contributed by atoms with Crippen molar-refractivity contribution in [2.75, 3.05) is 45.9 Å². The summed E-state index contributed by atoms with van der Waals surface area (Å²) in [5.41, 5.74) is 0. The van der Waals surface area contributed by atoms with Gasteiger partial charge in [-0.25, -0.2) is 0 Å². The molecule has 0 bridgehead atoms. The zero-order valence-corrected chi connectivity index (χ0v) is 7.37. The van der Waals surface area contributed by atoms with E-state index in [9.17, 15) is 0 Å². The topological polar surface area (TPSA) is 26.7 Å². The van der Waals surface area contributed by atoms with E-state index in [1.54, 1.807) is 0 Å². The Labute approximate surface area is 74.0 Å². The summed E-state index contributed by atoms with van der Waals surface area (Å²) in [6.07, 6.45) is 5.21. The van der Waals surface area contributed by atoms with E-state index in [-0.39, 0.29) is 6.61 Å². The molecule has 0 atom stereocenters. The van der Waals surface area contributed by atoms with Gasteiger partial charge >= 0.3 is 0 Å². The fourth-order valence-corrected chi connectivity index (χ4v) is 1.44. The van der Waals surface area contributed by atoms with Gasteiger partial charge in [0.1, 0.15) is 0 Å². The number of hydrogen-bond acceptors (Lipinski definition) is 3. The van der Waals surface area contributed by atoms with Gasteiger partial charge in [-0.05, 0) is 0 Å². The fourth-order valence-electron chi connectivity index (χ4n) is 1.44. The Kier molecular flexibility index (Phi) is 4.09. The molecule has 1 N–H and O–H groups in total. The second-order valence-electron chi connectivity index (χ2n) is 3.05. The van der Waals surface area contributed by atoms with Crippen LogP contribution in [0, 0.1) is 12.3 Å². The van der Waals surface area contributed by atoms with Crippen LogP contribution in [0.4, 0.5) is 0 Å². The molecular weight excluding hydrogens is 152 g/mol. The van der Waals surface area contributed by atoms with Crippen LogP contribution in [0.1, 0.15) is 0 Å². The third-order valence-corrected chi connectivity index (χ3v) is 2.20. The van der Waals surface area contributed by atoms with Crippen LogP contribution in [0.25, 0.3) is 0 Å². The quantitative estimate of drug-likeness (QED) is 0.561. The molecule has 12 heavy (non-hydrogen) atoms. The number of aliphatic hydroxyl groups excluding tert-OH is 1. The van der Waals surface area contributed by atoms with Crippen molar-refractivity contribution in [2.24, 2.45) is 0 Å². The SMILES string of the molecule is C#CCN1CCN(CCO)CC1. The van der Waals surface area contributed by atoms with E-state index in [1.807, 2.05) is 0 Å². The Morgan fingerprint density at radius 3 is 2.25 bits per heavy atom. The lowest BCUT2D eigenvalue weighted by Gasteiger charge is -2.33. The molecule has 0 aromatic rings. The molecule has 1 rings (SSSR count). The van der Waals surface area contributed by atoms with Crippen molar-refractivity contribution >= 4 is 0 Å². The van der Waals surface area contributed by atoms with Gasteiger partial charge in [-0.3, -0.25) is 9.80 Å². The zero-order valence-electron chi connectivity index (χ0n) is 7.37. The summed E-state index contributed by atoms with van der Waals surface area (Å²) in [4.78, 5) is 4.51. The van der Waals surface area contributed by atoms with Crippen LogP contribution >= 0.6 is 0 Å². The zero-order chi connectivity index (χ0) is 8.81. The largest absolute Gasteiger partial charge is 0.395 e. The minimum atomic E-state index is 0.259. The molecule has 0 spiro atoms. The van der Waals surface area contributed by atoms with Crippen LogP contribution < -0.4 is 0 Å². The first-order valence-electron chi connectivity index (χ1n) is 4.36. The smallest absolute Gasteiger partial charge is 0.0599 e. The molecule has 3 nitrogen and oxygen atoms in total. The maximum atomic E-state index is 8.70. The first-order valence-corrected chi connectivity index (χ1v) is 4.36. The lowest BCUT2D eigenvalue weighted by atomic mass is 10.3. The summed E-state index contributed by atoms with van der Waals surface area (Å²) < 4.78 is 0. The Morgan fingerprint density at radius 1 is 1.17 bits per heavy atom. The standard InChI is InChI=1S/C9H16N2O/c1-2-3-10-4-6-11(7-5-10)8-9-12/h1,12H,3-9H2. The van der Waals surface area contributed by atoms with Crippen LogP contribution in [0.2, 0.25) is 0 Å². The Morgan fingerprint density at radius 2 is 1.75 bits per heavy atom. The summed E-state index contributed by atoms with van der Waals surface area (Å²) in [5, 5.41) is 8.70. The number of aliphatic hydroxyl groups is 1. The molecule has 0 aromatic carbocycles. The van der Waals surface area contributed by atoms with Crippen molar-refractivity contribution in [2.45, 2.75) is 0 Å². The highest BCUT2D eigenvalue weighted by atomic mass is 16.3. The summed E-state index contributed by atoms with van der Waals surface area (Å²) in [7, 11) is 0. The molecule has 0 aliphatic carbocycles. The lowest BCUT2D eigenvalue weighted by molar-refractivity contribution is 0.121. The van der Waals surface area contributed by atoms with Crippen molar-refractivity contribution in [3.05, 3.63) is 0 Å². The van der Waals surface area contributed by atoms with Crippen LogP contribution in [-0.4, -0.2) is 60.8 Å². The first-order chi connectivity index (χ1) is 5.86. The number of nitrogens with zero attached hydrogens (tertiary/aromatic N) is 2. The predicted molar refractivity (Wildman–Crippen MR) is 48.8 cm³/mol. The minimum absolute atomic E-state index is 0.259. The van der Waals surface area contributed by atoms with E-state index in [0.717, 1.165) is 39.3 Å². The molecule has 1 aliphatic heterocycles. The first kappa shape index (κ1) is 9.53. The summed E-state index contributed by atoms with van der Waals surface area (Å²) in [5.74, 6) is 2.64. The summed E-state index contributed by atoms with van der Waals surface area (Å²) in [6.45, 7) is 5.94. The van der Waals surface area contributed by atoms with Crippen molar-refractivity contribution in [1.82, 2.24) is 9.80 Å². The monoisotopic (exact) mass is 168 g/mol. The van der Waals surface area contributed by atoms with E-state index in [2.05, 4.69) is 15.7 Å². The fraction of sp³-hybridized carbons (Fsp3) is 0.778. The number of hydrogen-bond donors (Lipinski definition) is 1. The number of piperazine rings is 1. The summed E-state index contributed by atoms with van der Waals surface area (Å²) >= 11 is 0. The van der Waals surface area contributed by atoms with Crippen LogP contribution in [-0.2, 0) is 0 Å². The molecule has 0 saturated carbocycles. The molecule has 1 heterocycles. The molecule has 0 radical (unpaired) electrons. The second kappa shape index (κ2) is 5.15. The Bertz CT molecular complexity index is 156. The van der Waals surface area contributed by atoms with Crippen LogP contribution in [0.3, 0.4) is 0 Å². The summed E-state index contributed by atoms with van der Waals surface area (Å²) in [6, 6.07) is 0. The molecule has 0 amide bonds. The van der Waals surface area contributed by atoms with Gasteiger partial charge in [0.05, 0.1) is 13.2 Å². The van der Waals surface area contributed by atoms with Crippen LogP contribution in [0.5, 0.6) is 0 Å². The maximum absolute atomic E-state index is 8.70. The van der Waals surface area contributed by atoms with Crippen molar-refractivity contribution in [1.29, 1.82) is 0 Å². The molecule has 3 heteroatoms. The van der Waals surface area contributed by atoms with Gasteiger partial charge in [0.25, 0.3) is 0 Å². The average Bonchev–Trinajstić information content (AvgIpc) is 2.09. The minimum Gasteiger partial charge on any atom is -0.395 e. The molecule has 0 unspecified atom stereocenters. The van der Waals surface area contributed by atoms with Crippen LogP contribution in [0.15, 0.2) is 0 Å². The Hall–Kier alpha value is -0.560. The average molecular weight is 168 g/mol. The third kappa shape index (κ3) is 2.82. The molecule has 68 valence electrons. The highest BCUT2D eigenvalue weighted by molar-refractivity contribution is 4.89. The molecule has 1 fully saturated rings. The predicted octanol–water partition coefficient (Wildman–Crippen LogP) is -0.770. The van der Waals surface area contributed by atoms with E-state index in [0.29, 0.717) is 0 Å². The molecule has 1 aliphatic rings. The third-order valence-electron chi connectivity index (χ3n) is 2.20. The van der Waals surface area contributed by atoms with Gasteiger partial charge in [0, 0.05) is 32.7 Å². The van der Waals surface area contributed by atoms with Gasteiger partial charge in [-0.15, -0.1) is 6.42 Å². The number of terminal acetylenes is 1. The number of rotatable bonds is 3. The van der Waals surface area contributed by atoms with Crippen molar-refractivity contribution < 1.29 is 5.11 Å². The molecule has 0 aromatic heterocycles. The second-order valence-corrected chi connectivity index (χ2v) is 3.05. The normalized spacial score (nSPS) is 20.7. The highest BCUT2D eigenvalue weighted by Gasteiger charge is 2.14. The van der Waals surface area contributed by atoms with Gasteiger partial charge in [-0.2, -0.15) is 0 Å². The van der Waals surface area contributed by atoms with E-state index < -0.39 is 0 Å². The highest BCUT2D eigenvalue weighted by Crippen LogP contribution is 1.99. The van der Waals surface area contributed by atoms with Gasteiger partial charge in [0.2, 0.25) is 0 Å². The Balaban J connectivity index is 2.16. The van der Waals surface area contributed by atoms with E-state index in [4.69, 9.17) is 11.5 Å². The molecular formula is C9H16N2O. The van der Waals surface area contributed by atoms with Gasteiger partial charge < -0.3 is 5.11 Å². The van der Waals surface area contributed by atoms with Crippen molar-refractivity contribution in [3.8, 4) is 12.3 Å². The van der Waals surface area contributed by atoms with Gasteiger partial charge in [0.15, 0.2) is 0 Å².